The first kappa shape index (κ1) is 14.5. The second-order valence-corrected chi connectivity index (χ2v) is 3.99. The lowest BCUT2D eigenvalue weighted by Gasteiger charge is -2.10. The molecule has 0 aromatic heterocycles. The molecule has 1 rings (SSSR count). The van der Waals surface area contributed by atoms with Gasteiger partial charge in [0.1, 0.15) is 11.3 Å². The van der Waals surface area contributed by atoms with Crippen molar-refractivity contribution in [3.63, 3.8) is 0 Å². The van der Waals surface area contributed by atoms with E-state index in [4.69, 9.17) is 19.9 Å². The Morgan fingerprint density at radius 1 is 1.33 bits per heavy atom. The summed E-state index contributed by atoms with van der Waals surface area (Å²) in [4.78, 5) is 11.0. The molecule has 5 nitrogen and oxygen atoms in total. The molecule has 0 aliphatic carbocycles. The molecule has 6 heteroatoms. The van der Waals surface area contributed by atoms with Gasteiger partial charge in [-0.3, -0.25) is 0 Å². The minimum absolute atomic E-state index is 0.0240. The van der Waals surface area contributed by atoms with Gasteiger partial charge >= 0.3 is 13.1 Å². The summed E-state index contributed by atoms with van der Waals surface area (Å²) in [6.45, 7) is 2.48. The van der Waals surface area contributed by atoms with Crippen molar-refractivity contribution in [3.05, 3.63) is 23.8 Å². The van der Waals surface area contributed by atoms with Gasteiger partial charge in [0, 0.05) is 0 Å². The molecule has 0 atom stereocenters. The highest BCUT2D eigenvalue weighted by Crippen LogP contribution is 2.17. The van der Waals surface area contributed by atoms with Crippen molar-refractivity contribution >= 4 is 18.6 Å². The van der Waals surface area contributed by atoms with Gasteiger partial charge in [0.25, 0.3) is 0 Å². The van der Waals surface area contributed by atoms with Crippen molar-refractivity contribution in [1.82, 2.24) is 0 Å². The zero-order valence-electron chi connectivity index (χ0n) is 10.3. The van der Waals surface area contributed by atoms with E-state index in [0.717, 1.165) is 19.3 Å². The highest BCUT2D eigenvalue weighted by molar-refractivity contribution is 6.58. The fraction of sp³-hybridized carbons (Fsp3) is 0.417. The first-order valence-electron chi connectivity index (χ1n) is 5.92. The molecular formula is C12H17BO5. The summed E-state index contributed by atoms with van der Waals surface area (Å²) in [5, 5.41) is 27.1. The quantitative estimate of drug-likeness (QED) is 0.489. The molecule has 0 heterocycles. The second-order valence-electron chi connectivity index (χ2n) is 3.99. The van der Waals surface area contributed by atoms with Crippen LogP contribution in [0, 0.1) is 0 Å². The van der Waals surface area contributed by atoms with Gasteiger partial charge in [-0.1, -0.05) is 25.8 Å². The number of aromatic carboxylic acids is 1. The lowest BCUT2D eigenvalue weighted by Crippen LogP contribution is -2.30. The van der Waals surface area contributed by atoms with E-state index in [2.05, 4.69) is 6.92 Å². The van der Waals surface area contributed by atoms with Crippen LogP contribution in [0.15, 0.2) is 18.2 Å². The molecule has 0 fully saturated rings. The SMILES string of the molecule is CCCCCOc1cc(B(O)O)ccc1C(=O)O. The summed E-state index contributed by atoms with van der Waals surface area (Å²) in [6, 6.07) is 4.01. The van der Waals surface area contributed by atoms with Crippen molar-refractivity contribution in [3.8, 4) is 5.75 Å². The van der Waals surface area contributed by atoms with Crippen LogP contribution in [0.5, 0.6) is 5.75 Å². The van der Waals surface area contributed by atoms with Crippen LogP contribution in [0.2, 0.25) is 0 Å². The molecule has 0 saturated carbocycles. The van der Waals surface area contributed by atoms with Crippen molar-refractivity contribution in [2.45, 2.75) is 26.2 Å². The molecule has 3 N–H and O–H groups in total. The molecule has 0 saturated heterocycles. The van der Waals surface area contributed by atoms with Crippen molar-refractivity contribution in [2.75, 3.05) is 6.61 Å². The zero-order valence-corrected chi connectivity index (χ0v) is 10.3. The average Bonchev–Trinajstić information content (AvgIpc) is 2.34. The van der Waals surface area contributed by atoms with Gasteiger partial charge in [0.15, 0.2) is 0 Å². The molecule has 0 radical (unpaired) electrons. The fourth-order valence-corrected chi connectivity index (χ4v) is 1.53. The third-order valence-corrected chi connectivity index (χ3v) is 2.54. The summed E-state index contributed by atoms with van der Waals surface area (Å²) in [5.74, 6) is -0.927. The predicted octanol–water partition coefficient (Wildman–Crippen LogP) is 0.634. The van der Waals surface area contributed by atoms with E-state index in [0.29, 0.717) is 6.61 Å². The summed E-state index contributed by atoms with van der Waals surface area (Å²) >= 11 is 0. The first-order chi connectivity index (χ1) is 8.56. The van der Waals surface area contributed by atoms with Crippen LogP contribution in [-0.4, -0.2) is 34.8 Å². The van der Waals surface area contributed by atoms with Gasteiger partial charge in [-0.2, -0.15) is 0 Å². The third-order valence-electron chi connectivity index (χ3n) is 2.54. The smallest absolute Gasteiger partial charge is 0.488 e. The number of hydrogen-bond acceptors (Lipinski definition) is 4. The Morgan fingerprint density at radius 3 is 2.61 bits per heavy atom. The van der Waals surface area contributed by atoms with Crippen LogP contribution in [0.25, 0.3) is 0 Å². The van der Waals surface area contributed by atoms with Gasteiger partial charge in [0.05, 0.1) is 6.61 Å². The zero-order chi connectivity index (χ0) is 13.5. The summed E-state index contributed by atoms with van der Waals surface area (Å²) < 4.78 is 5.39. The van der Waals surface area contributed by atoms with E-state index in [1.807, 2.05) is 0 Å². The van der Waals surface area contributed by atoms with Crippen LogP contribution in [0.4, 0.5) is 0 Å². The number of carboxylic acid groups (broad SMARTS) is 1. The second kappa shape index (κ2) is 7.03. The molecule has 0 spiro atoms. The van der Waals surface area contributed by atoms with Crippen molar-refractivity contribution < 1.29 is 24.7 Å². The topological polar surface area (TPSA) is 87.0 Å². The largest absolute Gasteiger partial charge is 0.493 e. The molecule has 0 bridgehead atoms. The van der Waals surface area contributed by atoms with Crippen LogP contribution in [0.3, 0.4) is 0 Å². The summed E-state index contributed by atoms with van der Waals surface area (Å²) in [6.07, 6.45) is 2.89. The van der Waals surface area contributed by atoms with E-state index in [1.54, 1.807) is 0 Å². The Labute approximate surface area is 106 Å². The van der Waals surface area contributed by atoms with E-state index in [9.17, 15) is 4.79 Å². The van der Waals surface area contributed by atoms with Crippen LogP contribution in [0.1, 0.15) is 36.5 Å². The number of carbonyl (C=O) groups is 1. The molecular weight excluding hydrogens is 235 g/mol. The number of hydrogen-bond donors (Lipinski definition) is 3. The van der Waals surface area contributed by atoms with Crippen LogP contribution >= 0.6 is 0 Å². The van der Waals surface area contributed by atoms with Gasteiger partial charge in [-0.25, -0.2) is 4.79 Å². The van der Waals surface area contributed by atoms with Crippen LogP contribution in [-0.2, 0) is 0 Å². The molecule has 0 unspecified atom stereocenters. The standard InChI is InChI=1S/C12H17BO5/c1-2-3-4-7-18-11-8-9(13(16)17)5-6-10(11)12(14)15/h5-6,8,16-17H,2-4,7H2,1H3,(H,14,15). The number of benzene rings is 1. The Morgan fingerprint density at radius 2 is 2.06 bits per heavy atom. The molecule has 98 valence electrons. The molecule has 0 aliphatic rings. The average molecular weight is 252 g/mol. The van der Waals surface area contributed by atoms with E-state index in [1.165, 1.54) is 18.2 Å². The van der Waals surface area contributed by atoms with Crippen LogP contribution < -0.4 is 10.2 Å². The summed E-state index contributed by atoms with van der Waals surface area (Å²) in [7, 11) is -1.63. The maximum atomic E-state index is 11.0. The van der Waals surface area contributed by atoms with Crippen molar-refractivity contribution in [1.29, 1.82) is 0 Å². The maximum Gasteiger partial charge on any atom is 0.488 e. The lowest BCUT2D eigenvalue weighted by atomic mass is 9.80. The Balaban J connectivity index is 2.83. The Hall–Kier alpha value is -1.53. The van der Waals surface area contributed by atoms with Gasteiger partial charge in [0.2, 0.25) is 0 Å². The number of unbranched alkanes of at least 4 members (excludes halogenated alkanes) is 2. The number of rotatable bonds is 7. The molecule has 18 heavy (non-hydrogen) atoms. The molecule has 1 aromatic carbocycles. The van der Waals surface area contributed by atoms with E-state index in [-0.39, 0.29) is 16.8 Å². The number of ether oxygens (including phenoxy) is 1. The van der Waals surface area contributed by atoms with Crippen molar-refractivity contribution in [2.24, 2.45) is 0 Å². The minimum Gasteiger partial charge on any atom is -0.493 e. The Kier molecular flexibility index (Phi) is 5.68. The molecule has 0 aliphatic heterocycles. The number of carboxylic acids is 1. The summed E-state index contributed by atoms with van der Waals surface area (Å²) in [5.41, 5.74) is 0.237. The fourth-order valence-electron chi connectivity index (χ4n) is 1.53. The molecule has 1 aromatic rings. The highest BCUT2D eigenvalue weighted by Gasteiger charge is 2.17. The Bertz CT molecular complexity index is 405. The van der Waals surface area contributed by atoms with Gasteiger partial charge in [-0.15, -0.1) is 0 Å². The third kappa shape index (κ3) is 4.05. The lowest BCUT2D eigenvalue weighted by molar-refractivity contribution is 0.0692. The van der Waals surface area contributed by atoms with Gasteiger partial charge in [-0.05, 0) is 24.0 Å². The monoisotopic (exact) mass is 252 g/mol. The normalized spacial score (nSPS) is 10.2. The molecule has 0 amide bonds. The maximum absolute atomic E-state index is 11.0. The van der Waals surface area contributed by atoms with E-state index < -0.39 is 13.1 Å². The first-order valence-corrected chi connectivity index (χ1v) is 5.92. The predicted molar refractivity (Wildman–Crippen MR) is 68.2 cm³/mol. The minimum atomic E-state index is -1.63. The van der Waals surface area contributed by atoms with E-state index >= 15 is 0 Å². The van der Waals surface area contributed by atoms with Gasteiger partial charge < -0.3 is 19.9 Å². The highest BCUT2D eigenvalue weighted by atomic mass is 16.5.